The highest BCUT2D eigenvalue weighted by atomic mass is 32.2. The Hall–Kier alpha value is -0.700. The van der Waals surface area contributed by atoms with Crippen molar-refractivity contribution in [1.82, 2.24) is 0 Å². The number of hydrogen-bond acceptors (Lipinski definition) is 3. The molecule has 0 fully saturated rings. The molecule has 80 valence electrons. The summed E-state index contributed by atoms with van der Waals surface area (Å²) in [6.07, 6.45) is 5.22. The molecule has 0 unspecified atom stereocenters. The molecule has 0 bridgehead atoms. The van der Waals surface area contributed by atoms with E-state index in [9.17, 15) is 4.79 Å². The van der Waals surface area contributed by atoms with Gasteiger partial charge in [0.2, 0.25) is 0 Å². The minimum absolute atomic E-state index is 0.193. The van der Waals surface area contributed by atoms with Gasteiger partial charge in [-0.05, 0) is 30.9 Å². The zero-order valence-electron chi connectivity index (χ0n) is 9.13. The van der Waals surface area contributed by atoms with E-state index in [4.69, 9.17) is 4.74 Å². The maximum atomic E-state index is 11.5. The van der Waals surface area contributed by atoms with Gasteiger partial charge >= 0.3 is 5.97 Å². The Labute approximate surface area is 90.4 Å². The van der Waals surface area contributed by atoms with E-state index in [2.05, 4.69) is 6.58 Å². The number of hydrogen-bond donors (Lipinski definition) is 0. The molecule has 0 rings (SSSR count). The second kappa shape index (κ2) is 7.68. The molecule has 0 aromatic heterocycles. The molecule has 0 spiro atoms. The number of thioether (sulfide) groups is 1. The number of carbonyl (C=O) groups excluding carboxylic acids is 1. The van der Waals surface area contributed by atoms with Gasteiger partial charge in [-0.1, -0.05) is 13.0 Å². The Balaban J connectivity index is 4.76. The molecule has 0 saturated carbocycles. The van der Waals surface area contributed by atoms with E-state index in [0.717, 1.165) is 16.9 Å². The fourth-order valence-corrected chi connectivity index (χ4v) is 1.89. The van der Waals surface area contributed by atoms with Crippen molar-refractivity contribution >= 4 is 17.7 Å². The molecule has 0 radical (unpaired) electrons. The molecule has 0 aromatic carbocycles. The summed E-state index contributed by atoms with van der Waals surface area (Å²) in [6.45, 7) is 7.88. The van der Waals surface area contributed by atoms with Crippen LogP contribution >= 0.6 is 11.8 Å². The van der Waals surface area contributed by atoms with Gasteiger partial charge in [0.1, 0.15) is 0 Å². The largest absolute Gasteiger partial charge is 0.463 e. The maximum absolute atomic E-state index is 11.5. The van der Waals surface area contributed by atoms with Gasteiger partial charge < -0.3 is 4.74 Å². The van der Waals surface area contributed by atoms with Crippen molar-refractivity contribution in [2.45, 2.75) is 26.7 Å². The minimum atomic E-state index is -0.193. The normalized spacial score (nSPS) is 11.9. The average Bonchev–Trinajstić information content (AvgIpc) is 2.18. The Morgan fingerprint density at radius 1 is 1.50 bits per heavy atom. The minimum Gasteiger partial charge on any atom is -0.463 e. The Bertz CT molecular complexity index is 231. The van der Waals surface area contributed by atoms with E-state index < -0.39 is 0 Å². The first-order valence-corrected chi connectivity index (χ1v) is 5.97. The molecule has 0 aliphatic carbocycles. The number of ether oxygens (including phenoxy) is 1. The van der Waals surface area contributed by atoms with Gasteiger partial charge in [-0.2, -0.15) is 0 Å². The van der Waals surface area contributed by atoms with E-state index in [1.807, 2.05) is 20.1 Å². The lowest BCUT2D eigenvalue weighted by atomic mass is 10.1. The zero-order chi connectivity index (χ0) is 11.0. The van der Waals surface area contributed by atoms with Crippen molar-refractivity contribution < 1.29 is 9.53 Å². The summed E-state index contributed by atoms with van der Waals surface area (Å²) in [5, 5.41) is 0. The third-order valence-corrected chi connectivity index (χ3v) is 2.69. The van der Waals surface area contributed by atoms with Crippen LogP contribution in [0.5, 0.6) is 0 Å². The summed E-state index contributed by atoms with van der Waals surface area (Å²) in [5.74, 6) is -0.193. The van der Waals surface area contributed by atoms with Gasteiger partial charge in [-0.15, -0.1) is 18.3 Å². The molecule has 14 heavy (non-hydrogen) atoms. The van der Waals surface area contributed by atoms with Crippen molar-refractivity contribution in [3.63, 3.8) is 0 Å². The van der Waals surface area contributed by atoms with Crippen molar-refractivity contribution in [2.24, 2.45) is 0 Å². The monoisotopic (exact) mass is 214 g/mol. The SMILES string of the molecule is C=CC/C(SC)=C(/CC)C(=O)OCC. The van der Waals surface area contributed by atoms with Crippen LogP contribution in [-0.2, 0) is 9.53 Å². The summed E-state index contributed by atoms with van der Waals surface area (Å²) in [6, 6.07) is 0. The lowest BCUT2D eigenvalue weighted by Gasteiger charge is -2.09. The molecule has 0 aliphatic rings. The average molecular weight is 214 g/mol. The van der Waals surface area contributed by atoms with Crippen molar-refractivity contribution in [3.05, 3.63) is 23.1 Å². The van der Waals surface area contributed by atoms with Crippen LogP contribution in [0.3, 0.4) is 0 Å². The van der Waals surface area contributed by atoms with Crippen LogP contribution in [0.15, 0.2) is 23.1 Å². The van der Waals surface area contributed by atoms with Gasteiger partial charge in [0.05, 0.1) is 6.61 Å². The van der Waals surface area contributed by atoms with Gasteiger partial charge in [0.25, 0.3) is 0 Å². The molecular formula is C11H18O2S. The van der Waals surface area contributed by atoms with E-state index in [1.165, 1.54) is 0 Å². The van der Waals surface area contributed by atoms with Crippen molar-refractivity contribution in [2.75, 3.05) is 12.9 Å². The van der Waals surface area contributed by atoms with Crippen LogP contribution in [0.1, 0.15) is 26.7 Å². The molecule has 0 N–H and O–H groups in total. The van der Waals surface area contributed by atoms with Crippen molar-refractivity contribution in [3.8, 4) is 0 Å². The molecule has 0 atom stereocenters. The highest BCUT2D eigenvalue weighted by Crippen LogP contribution is 2.24. The van der Waals surface area contributed by atoms with Crippen molar-refractivity contribution in [1.29, 1.82) is 0 Å². The van der Waals surface area contributed by atoms with Gasteiger partial charge in [0, 0.05) is 5.57 Å². The van der Waals surface area contributed by atoms with E-state index in [1.54, 1.807) is 17.8 Å². The number of carbonyl (C=O) groups is 1. The molecule has 3 heteroatoms. The van der Waals surface area contributed by atoms with Crippen LogP contribution in [0, 0.1) is 0 Å². The molecule has 0 heterocycles. The van der Waals surface area contributed by atoms with Crippen LogP contribution < -0.4 is 0 Å². The number of rotatable bonds is 6. The molecule has 2 nitrogen and oxygen atoms in total. The third kappa shape index (κ3) is 4.01. The van der Waals surface area contributed by atoms with E-state index in [0.29, 0.717) is 13.0 Å². The Morgan fingerprint density at radius 3 is 2.50 bits per heavy atom. The predicted octanol–water partition coefficient (Wildman–Crippen LogP) is 3.15. The van der Waals surface area contributed by atoms with Crippen LogP contribution in [0.25, 0.3) is 0 Å². The van der Waals surface area contributed by atoms with Gasteiger partial charge in [0.15, 0.2) is 0 Å². The predicted molar refractivity (Wildman–Crippen MR) is 62.3 cm³/mol. The van der Waals surface area contributed by atoms with E-state index in [-0.39, 0.29) is 5.97 Å². The second-order valence-electron chi connectivity index (χ2n) is 2.67. The molecule has 0 saturated heterocycles. The zero-order valence-corrected chi connectivity index (χ0v) is 9.95. The number of allylic oxidation sites excluding steroid dienone is 2. The number of esters is 1. The van der Waals surface area contributed by atoms with Gasteiger partial charge in [-0.25, -0.2) is 4.79 Å². The fraction of sp³-hybridized carbons (Fsp3) is 0.545. The Kier molecular flexibility index (Phi) is 7.30. The highest BCUT2D eigenvalue weighted by molar-refractivity contribution is 8.02. The third-order valence-electron chi connectivity index (χ3n) is 1.79. The van der Waals surface area contributed by atoms with E-state index >= 15 is 0 Å². The standard InChI is InChI=1S/C11H18O2S/c1-5-8-10(14-4)9(6-2)11(12)13-7-3/h5H,1,6-8H2,2-4H3/b10-9+. The first-order valence-electron chi connectivity index (χ1n) is 4.75. The smallest absolute Gasteiger partial charge is 0.334 e. The lowest BCUT2D eigenvalue weighted by molar-refractivity contribution is -0.138. The topological polar surface area (TPSA) is 26.3 Å². The summed E-state index contributed by atoms with van der Waals surface area (Å²) < 4.78 is 4.98. The second-order valence-corrected chi connectivity index (χ2v) is 3.57. The summed E-state index contributed by atoms with van der Waals surface area (Å²) in [5.41, 5.74) is 0.777. The lowest BCUT2D eigenvalue weighted by Crippen LogP contribution is -2.08. The maximum Gasteiger partial charge on any atom is 0.334 e. The van der Waals surface area contributed by atoms with Gasteiger partial charge in [-0.3, -0.25) is 0 Å². The Morgan fingerprint density at radius 2 is 2.14 bits per heavy atom. The quantitative estimate of drug-likeness (QED) is 0.386. The summed E-state index contributed by atoms with van der Waals surface area (Å²) in [4.78, 5) is 12.6. The first kappa shape index (κ1) is 13.3. The molecule has 0 amide bonds. The molecule has 0 aliphatic heterocycles. The summed E-state index contributed by atoms with van der Waals surface area (Å²) in [7, 11) is 0. The summed E-state index contributed by atoms with van der Waals surface area (Å²) >= 11 is 1.59. The van der Waals surface area contributed by atoms with Crippen LogP contribution in [0.4, 0.5) is 0 Å². The van der Waals surface area contributed by atoms with Crippen LogP contribution in [0.2, 0.25) is 0 Å². The highest BCUT2D eigenvalue weighted by Gasteiger charge is 2.13. The molecular weight excluding hydrogens is 196 g/mol. The fourth-order valence-electron chi connectivity index (χ4n) is 1.13. The first-order chi connectivity index (χ1) is 6.71. The molecule has 0 aromatic rings. The van der Waals surface area contributed by atoms with Crippen LogP contribution in [-0.4, -0.2) is 18.8 Å².